The van der Waals surface area contributed by atoms with Crippen molar-refractivity contribution in [3.8, 4) is 0 Å². The molecule has 0 bridgehead atoms. The maximum Gasteiger partial charge on any atom is 0.314 e. The quantitative estimate of drug-likeness (QED) is 0.868. The van der Waals surface area contributed by atoms with Crippen molar-refractivity contribution in [2.45, 2.75) is 31.6 Å². The lowest BCUT2D eigenvalue weighted by atomic mass is 9.74. The maximum absolute atomic E-state index is 11.8. The molecule has 0 aliphatic carbocycles. The molecule has 1 aliphatic heterocycles. The van der Waals surface area contributed by atoms with E-state index in [-0.39, 0.29) is 11.4 Å². The number of nitrogens with one attached hydrogen (secondary N) is 2. The molecule has 1 heterocycles. The van der Waals surface area contributed by atoms with Crippen LogP contribution in [0.15, 0.2) is 30.3 Å². The first kappa shape index (κ1) is 14.9. The van der Waals surface area contributed by atoms with Crippen LogP contribution in [-0.2, 0) is 10.2 Å². The van der Waals surface area contributed by atoms with Crippen LogP contribution in [0.3, 0.4) is 0 Å². The first-order valence-corrected chi connectivity index (χ1v) is 7.42. The smallest absolute Gasteiger partial charge is 0.314 e. The molecule has 0 spiro atoms. The predicted molar refractivity (Wildman–Crippen MR) is 79.9 cm³/mol. The van der Waals surface area contributed by atoms with Crippen molar-refractivity contribution < 1.29 is 9.53 Å². The van der Waals surface area contributed by atoms with Crippen molar-refractivity contribution in [2.75, 3.05) is 26.3 Å². The van der Waals surface area contributed by atoms with Gasteiger partial charge >= 0.3 is 6.03 Å². The number of carbonyl (C=O) groups excluding carboxylic acids is 1. The van der Waals surface area contributed by atoms with Gasteiger partial charge in [0.25, 0.3) is 0 Å². The second-order valence-corrected chi connectivity index (χ2v) is 5.37. The van der Waals surface area contributed by atoms with Crippen molar-refractivity contribution in [1.82, 2.24) is 10.6 Å². The van der Waals surface area contributed by atoms with Gasteiger partial charge in [0.05, 0.1) is 0 Å². The van der Waals surface area contributed by atoms with Crippen molar-refractivity contribution in [3.63, 3.8) is 0 Å². The number of hydrogen-bond donors (Lipinski definition) is 2. The third-order valence-corrected chi connectivity index (χ3v) is 3.96. The zero-order valence-electron chi connectivity index (χ0n) is 12.2. The molecule has 1 saturated heterocycles. The fourth-order valence-electron chi connectivity index (χ4n) is 2.67. The number of ether oxygens (including phenoxy) is 1. The zero-order valence-corrected chi connectivity index (χ0v) is 12.2. The molecule has 0 atom stereocenters. The van der Waals surface area contributed by atoms with Gasteiger partial charge in [-0.3, -0.25) is 0 Å². The molecule has 0 unspecified atom stereocenters. The number of hydrogen-bond acceptors (Lipinski definition) is 2. The summed E-state index contributed by atoms with van der Waals surface area (Å²) in [4.78, 5) is 11.8. The van der Waals surface area contributed by atoms with Crippen LogP contribution < -0.4 is 10.6 Å². The number of benzene rings is 1. The van der Waals surface area contributed by atoms with E-state index in [0.29, 0.717) is 13.1 Å². The van der Waals surface area contributed by atoms with E-state index in [4.69, 9.17) is 4.74 Å². The highest BCUT2D eigenvalue weighted by atomic mass is 16.5. The van der Waals surface area contributed by atoms with Gasteiger partial charge in [0.1, 0.15) is 0 Å². The Bertz CT molecular complexity index is 414. The van der Waals surface area contributed by atoms with E-state index < -0.39 is 0 Å². The van der Waals surface area contributed by atoms with Gasteiger partial charge in [-0.2, -0.15) is 0 Å². The van der Waals surface area contributed by atoms with Gasteiger partial charge in [-0.1, -0.05) is 37.3 Å². The second-order valence-electron chi connectivity index (χ2n) is 5.37. The Balaban J connectivity index is 2.02. The Morgan fingerprint density at radius 3 is 2.55 bits per heavy atom. The molecule has 2 N–H and O–H groups in total. The molecular formula is C16H24N2O2. The van der Waals surface area contributed by atoms with Crippen molar-refractivity contribution >= 4 is 6.03 Å². The fourth-order valence-corrected chi connectivity index (χ4v) is 2.67. The molecule has 1 aromatic rings. The minimum Gasteiger partial charge on any atom is -0.381 e. The molecule has 2 rings (SSSR count). The van der Waals surface area contributed by atoms with Gasteiger partial charge in [0, 0.05) is 31.7 Å². The molecule has 4 heteroatoms. The van der Waals surface area contributed by atoms with E-state index in [1.54, 1.807) is 0 Å². The average Bonchev–Trinajstić information content (AvgIpc) is 2.52. The number of urea groups is 1. The third kappa shape index (κ3) is 3.73. The summed E-state index contributed by atoms with van der Waals surface area (Å²) in [5.41, 5.74) is 1.29. The molecule has 2 amide bonds. The minimum atomic E-state index is -0.0753. The minimum absolute atomic E-state index is 0.00304. The Morgan fingerprint density at radius 2 is 1.90 bits per heavy atom. The summed E-state index contributed by atoms with van der Waals surface area (Å²) < 4.78 is 5.49. The van der Waals surface area contributed by atoms with E-state index in [0.717, 1.165) is 32.5 Å². The Hall–Kier alpha value is -1.55. The van der Waals surface area contributed by atoms with Crippen LogP contribution in [0.1, 0.15) is 31.7 Å². The summed E-state index contributed by atoms with van der Waals surface area (Å²) in [6, 6.07) is 10.4. The number of amides is 2. The number of rotatable bonds is 5. The predicted octanol–water partition coefficient (Wildman–Crippen LogP) is 2.44. The third-order valence-electron chi connectivity index (χ3n) is 3.96. The lowest BCUT2D eigenvalue weighted by Crippen LogP contribution is -2.47. The van der Waals surface area contributed by atoms with Crippen LogP contribution in [0.2, 0.25) is 0 Å². The molecular weight excluding hydrogens is 252 g/mol. The highest BCUT2D eigenvalue weighted by molar-refractivity contribution is 5.73. The van der Waals surface area contributed by atoms with Gasteiger partial charge < -0.3 is 15.4 Å². The first-order chi connectivity index (χ1) is 9.77. The van der Waals surface area contributed by atoms with E-state index in [1.807, 2.05) is 13.0 Å². The van der Waals surface area contributed by atoms with E-state index >= 15 is 0 Å². The summed E-state index contributed by atoms with van der Waals surface area (Å²) in [6.07, 6.45) is 2.85. The van der Waals surface area contributed by atoms with Crippen LogP contribution in [0.5, 0.6) is 0 Å². The van der Waals surface area contributed by atoms with E-state index in [1.165, 1.54) is 5.56 Å². The van der Waals surface area contributed by atoms with Crippen LogP contribution in [0.4, 0.5) is 4.79 Å². The molecule has 0 saturated carbocycles. The first-order valence-electron chi connectivity index (χ1n) is 7.42. The van der Waals surface area contributed by atoms with Crippen LogP contribution in [0, 0.1) is 0 Å². The number of carbonyl (C=O) groups is 1. The van der Waals surface area contributed by atoms with Gasteiger partial charge in [0.15, 0.2) is 0 Å². The molecule has 1 aromatic carbocycles. The van der Waals surface area contributed by atoms with Crippen LogP contribution >= 0.6 is 0 Å². The Kier molecular flexibility index (Phi) is 5.41. The monoisotopic (exact) mass is 276 g/mol. The highest BCUT2D eigenvalue weighted by Gasteiger charge is 2.34. The van der Waals surface area contributed by atoms with Crippen molar-refractivity contribution in [3.05, 3.63) is 35.9 Å². The standard InChI is InChI=1S/C16H24N2O2/c1-2-10-17-15(19)18-13-16(8-11-20-12-9-16)14-6-4-3-5-7-14/h3-7H,2,8-13H2,1H3,(H2,17,18,19). The Labute approximate surface area is 120 Å². The second kappa shape index (κ2) is 7.29. The molecule has 0 radical (unpaired) electrons. The fraction of sp³-hybridized carbons (Fsp3) is 0.562. The van der Waals surface area contributed by atoms with Crippen LogP contribution in [0.25, 0.3) is 0 Å². The summed E-state index contributed by atoms with van der Waals surface area (Å²) in [5, 5.41) is 5.88. The normalized spacial score (nSPS) is 17.4. The zero-order chi connectivity index (χ0) is 14.3. The molecule has 1 aliphatic rings. The highest BCUT2D eigenvalue weighted by Crippen LogP contribution is 2.34. The van der Waals surface area contributed by atoms with E-state index in [2.05, 4.69) is 34.9 Å². The summed E-state index contributed by atoms with van der Waals surface area (Å²) >= 11 is 0. The van der Waals surface area contributed by atoms with Gasteiger partial charge in [0.2, 0.25) is 0 Å². The average molecular weight is 276 g/mol. The molecule has 0 aromatic heterocycles. The lowest BCUT2D eigenvalue weighted by molar-refractivity contribution is 0.0507. The SMILES string of the molecule is CCCNC(=O)NCC1(c2ccccc2)CCOCC1. The largest absolute Gasteiger partial charge is 0.381 e. The van der Waals surface area contributed by atoms with Gasteiger partial charge in [-0.15, -0.1) is 0 Å². The van der Waals surface area contributed by atoms with Crippen LogP contribution in [-0.4, -0.2) is 32.3 Å². The molecule has 20 heavy (non-hydrogen) atoms. The van der Waals surface area contributed by atoms with Gasteiger partial charge in [-0.25, -0.2) is 4.79 Å². The molecule has 110 valence electrons. The van der Waals surface area contributed by atoms with E-state index in [9.17, 15) is 4.79 Å². The molecule has 1 fully saturated rings. The molecule has 4 nitrogen and oxygen atoms in total. The van der Waals surface area contributed by atoms with Crippen molar-refractivity contribution in [1.29, 1.82) is 0 Å². The Morgan fingerprint density at radius 1 is 1.20 bits per heavy atom. The maximum atomic E-state index is 11.8. The lowest BCUT2D eigenvalue weighted by Gasteiger charge is -2.38. The summed E-state index contributed by atoms with van der Waals surface area (Å²) in [6.45, 7) is 4.94. The summed E-state index contributed by atoms with van der Waals surface area (Å²) in [5.74, 6) is 0. The summed E-state index contributed by atoms with van der Waals surface area (Å²) in [7, 11) is 0. The van der Waals surface area contributed by atoms with Crippen molar-refractivity contribution in [2.24, 2.45) is 0 Å². The topological polar surface area (TPSA) is 50.4 Å². The van der Waals surface area contributed by atoms with Gasteiger partial charge in [-0.05, 0) is 24.8 Å².